The second-order valence-corrected chi connectivity index (χ2v) is 13.2. The largest absolute Gasteiger partial charge is 0.456 e. The van der Waals surface area contributed by atoms with Crippen LogP contribution < -0.4 is 9.80 Å². The van der Waals surface area contributed by atoms with Crippen LogP contribution in [-0.4, -0.2) is 9.97 Å². The smallest absolute Gasteiger partial charge is 0.134 e. The zero-order chi connectivity index (χ0) is 36.8. The lowest BCUT2D eigenvalue weighted by atomic mass is 10.0. The van der Waals surface area contributed by atoms with Crippen molar-refractivity contribution < 1.29 is 4.42 Å². The molecule has 6 aromatic carbocycles. The summed E-state index contributed by atoms with van der Waals surface area (Å²) in [5.41, 5.74) is 12.9. The van der Waals surface area contributed by atoms with E-state index >= 15 is 0 Å². The molecular formula is C50H36N4O. The summed E-state index contributed by atoms with van der Waals surface area (Å²) in [6, 6.07) is 67.4. The molecule has 0 unspecified atom stereocenters. The Labute approximate surface area is 321 Å². The highest BCUT2D eigenvalue weighted by atomic mass is 16.3. The third-order valence-corrected chi connectivity index (χ3v) is 9.69. The molecule has 0 amide bonds. The number of hydrogen-bond acceptors (Lipinski definition) is 5. The fraction of sp³-hybridized carbons (Fsp3) is 0. The molecule has 9 aromatic rings. The van der Waals surface area contributed by atoms with Crippen molar-refractivity contribution in [3.05, 3.63) is 219 Å². The first-order valence-electron chi connectivity index (χ1n) is 18.3. The minimum Gasteiger partial charge on any atom is -0.456 e. The summed E-state index contributed by atoms with van der Waals surface area (Å²) in [6.45, 7) is 0. The first-order chi connectivity index (χ1) is 27.3. The third-order valence-electron chi connectivity index (χ3n) is 9.69. The van der Waals surface area contributed by atoms with Gasteiger partial charge in [0, 0.05) is 70.0 Å². The average Bonchev–Trinajstić information content (AvgIpc) is 3.77. The zero-order valence-corrected chi connectivity index (χ0v) is 30.0. The van der Waals surface area contributed by atoms with Crippen LogP contribution in [0.4, 0.5) is 34.1 Å². The van der Waals surface area contributed by atoms with Gasteiger partial charge in [0.1, 0.15) is 11.5 Å². The van der Waals surface area contributed by atoms with Gasteiger partial charge < -0.3 is 14.2 Å². The molecule has 3 aromatic heterocycles. The van der Waals surface area contributed by atoms with Crippen molar-refractivity contribution in [3.8, 4) is 44.9 Å². The lowest BCUT2D eigenvalue weighted by Crippen LogP contribution is -2.10. The van der Waals surface area contributed by atoms with Crippen molar-refractivity contribution in [2.24, 2.45) is 0 Å². The van der Waals surface area contributed by atoms with Crippen LogP contribution in [0.5, 0.6) is 0 Å². The second kappa shape index (κ2) is 15.2. The minimum atomic E-state index is 0.809. The van der Waals surface area contributed by atoms with E-state index in [0.29, 0.717) is 0 Å². The predicted octanol–water partition coefficient (Wildman–Crippen LogP) is 13.7. The van der Waals surface area contributed by atoms with Gasteiger partial charge in [0.05, 0.1) is 0 Å². The van der Waals surface area contributed by atoms with Gasteiger partial charge in [0.15, 0.2) is 0 Å². The van der Waals surface area contributed by atoms with Gasteiger partial charge in [-0.25, -0.2) is 0 Å². The lowest BCUT2D eigenvalue weighted by Gasteiger charge is -2.26. The minimum absolute atomic E-state index is 0.809. The number of benzene rings is 6. The SMILES string of the molecule is c1ccc(-c2cccc(N(c3ccncc3)c3ccc(-c4ccc(-c5ccc(N(c6ccncc6)c6cccc(-c7ccccc7)c6)cc5)o4)cc3)c2)cc1. The standard InChI is InChI=1S/C50H36N4O/c1-3-9-37(10-4-1)41-13-7-15-47(35-41)53(45-27-31-51-32-28-45)43-21-17-39(18-22-43)49-25-26-50(55-49)40-19-23-44(24-20-40)54(46-29-33-52-34-30-46)48-16-8-14-42(36-48)38-11-5-2-6-12-38/h1-36H. The van der Waals surface area contributed by atoms with Gasteiger partial charge in [0.25, 0.3) is 0 Å². The topological polar surface area (TPSA) is 45.4 Å². The van der Waals surface area contributed by atoms with Gasteiger partial charge >= 0.3 is 0 Å². The van der Waals surface area contributed by atoms with E-state index in [0.717, 1.165) is 67.9 Å². The molecular weight excluding hydrogens is 673 g/mol. The van der Waals surface area contributed by atoms with Crippen molar-refractivity contribution in [1.82, 2.24) is 9.97 Å². The Balaban J connectivity index is 0.988. The Morgan fingerprint density at radius 2 is 0.636 bits per heavy atom. The van der Waals surface area contributed by atoms with E-state index in [9.17, 15) is 0 Å². The van der Waals surface area contributed by atoms with E-state index in [1.165, 1.54) is 11.1 Å². The first-order valence-corrected chi connectivity index (χ1v) is 18.3. The van der Waals surface area contributed by atoms with E-state index in [-0.39, 0.29) is 0 Å². The van der Waals surface area contributed by atoms with Gasteiger partial charge in [-0.2, -0.15) is 0 Å². The fourth-order valence-electron chi connectivity index (χ4n) is 6.99. The maximum absolute atomic E-state index is 6.48. The average molecular weight is 709 g/mol. The van der Waals surface area contributed by atoms with Crippen molar-refractivity contribution >= 4 is 34.1 Å². The van der Waals surface area contributed by atoms with Gasteiger partial charge in [-0.15, -0.1) is 0 Å². The maximum atomic E-state index is 6.48. The van der Waals surface area contributed by atoms with E-state index in [2.05, 4.69) is 165 Å². The molecule has 0 atom stereocenters. The van der Waals surface area contributed by atoms with Crippen LogP contribution in [0.2, 0.25) is 0 Å². The first kappa shape index (κ1) is 33.3. The molecule has 5 nitrogen and oxygen atoms in total. The van der Waals surface area contributed by atoms with Crippen LogP contribution in [0.1, 0.15) is 0 Å². The summed E-state index contributed by atoms with van der Waals surface area (Å²) >= 11 is 0. The molecule has 0 saturated carbocycles. The van der Waals surface area contributed by atoms with E-state index in [4.69, 9.17) is 4.42 Å². The molecule has 5 heteroatoms. The van der Waals surface area contributed by atoms with Gasteiger partial charge in [-0.3, -0.25) is 9.97 Å². The molecule has 0 fully saturated rings. The maximum Gasteiger partial charge on any atom is 0.134 e. The monoisotopic (exact) mass is 708 g/mol. The molecule has 0 N–H and O–H groups in total. The predicted molar refractivity (Wildman–Crippen MR) is 225 cm³/mol. The van der Waals surface area contributed by atoms with Crippen LogP contribution >= 0.6 is 0 Å². The second-order valence-electron chi connectivity index (χ2n) is 13.2. The number of nitrogens with zero attached hydrogens (tertiary/aromatic N) is 4. The highest BCUT2D eigenvalue weighted by molar-refractivity contribution is 5.82. The number of pyridine rings is 2. The lowest BCUT2D eigenvalue weighted by molar-refractivity contribution is 0.597. The summed E-state index contributed by atoms with van der Waals surface area (Å²) < 4.78 is 6.48. The highest BCUT2D eigenvalue weighted by Gasteiger charge is 2.17. The summed E-state index contributed by atoms with van der Waals surface area (Å²) in [5.74, 6) is 1.62. The van der Waals surface area contributed by atoms with Crippen molar-refractivity contribution in [1.29, 1.82) is 0 Å². The Morgan fingerprint density at radius 3 is 1.04 bits per heavy atom. The van der Waals surface area contributed by atoms with Gasteiger partial charge in [-0.05, 0) is 131 Å². The number of rotatable bonds is 10. The van der Waals surface area contributed by atoms with Crippen LogP contribution in [0, 0.1) is 0 Å². The molecule has 9 rings (SSSR count). The van der Waals surface area contributed by atoms with E-state index < -0.39 is 0 Å². The normalized spacial score (nSPS) is 10.9. The summed E-state index contributed by atoms with van der Waals surface area (Å²) in [7, 11) is 0. The number of hydrogen-bond donors (Lipinski definition) is 0. The highest BCUT2D eigenvalue weighted by Crippen LogP contribution is 2.40. The summed E-state index contributed by atoms with van der Waals surface area (Å²) in [5, 5.41) is 0. The Hall–Kier alpha value is -7.50. The molecule has 262 valence electrons. The zero-order valence-electron chi connectivity index (χ0n) is 30.0. The molecule has 0 radical (unpaired) electrons. The molecule has 3 heterocycles. The van der Waals surface area contributed by atoms with Crippen LogP contribution in [0.25, 0.3) is 44.9 Å². The quantitative estimate of drug-likeness (QED) is 0.142. The molecule has 0 saturated heterocycles. The molecule has 0 aliphatic heterocycles. The van der Waals surface area contributed by atoms with E-state index in [1.807, 2.05) is 73.3 Å². The molecule has 0 aliphatic carbocycles. The van der Waals surface area contributed by atoms with E-state index in [1.54, 1.807) is 0 Å². The van der Waals surface area contributed by atoms with Gasteiger partial charge in [-0.1, -0.05) is 84.9 Å². The van der Waals surface area contributed by atoms with Crippen LogP contribution in [-0.2, 0) is 0 Å². The number of furan rings is 1. The van der Waals surface area contributed by atoms with Crippen molar-refractivity contribution in [2.75, 3.05) is 9.80 Å². The van der Waals surface area contributed by atoms with Crippen molar-refractivity contribution in [3.63, 3.8) is 0 Å². The fourth-order valence-corrected chi connectivity index (χ4v) is 6.99. The van der Waals surface area contributed by atoms with Crippen LogP contribution in [0.3, 0.4) is 0 Å². The summed E-state index contributed by atoms with van der Waals surface area (Å²) in [6.07, 6.45) is 7.31. The Bertz CT molecular complexity index is 2440. The van der Waals surface area contributed by atoms with Crippen LogP contribution in [0.15, 0.2) is 223 Å². The Kier molecular flexibility index (Phi) is 9.23. The molecule has 0 spiro atoms. The van der Waals surface area contributed by atoms with Crippen molar-refractivity contribution in [2.45, 2.75) is 0 Å². The third kappa shape index (κ3) is 7.15. The molecule has 0 bridgehead atoms. The summed E-state index contributed by atoms with van der Waals surface area (Å²) in [4.78, 5) is 13.0. The van der Waals surface area contributed by atoms with Gasteiger partial charge in [0.2, 0.25) is 0 Å². The molecule has 55 heavy (non-hydrogen) atoms. The Morgan fingerprint density at radius 1 is 0.273 bits per heavy atom. The number of anilines is 6. The number of aromatic nitrogens is 2. The molecule has 0 aliphatic rings.